The Morgan fingerprint density at radius 2 is 1.71 bits per heavy atom. The van der Waals surface area contributed by atoms with Gasteiger partial charge in [0.2, 0.25) is 5.91 Å². The van der Waals surface area contributed by atoms with Crippen LogP contribution in [0.15, 0.2) is 30.3 Å². The van der Waals surface area contributed by atoms with Gasteiger partial charge in [-0.1, -0.05) is 30.3 Å². The number of rotatable bonds is 4. The molecular weight excluding hydrogens is 345 g/mol. The van der Waals surface area contributed by atoms with Gasteiger partial charge in [0.1, 0.15) is 0 Å². The van der Waals surface area contributed by atoms with Crippen LogP contribution in [0.2, 0.25) is 0 Å². The summed E-state index contributed by atoms with van der Waals surface area (Å²) in [4.78, 5) is 17.0. The highest BCUT2D eigenvalue weighted by molar-refractivity contribution is 5.85. The van der Waals surface area contributed by atoms with Gasteiger partial charge in [-0.2, -0.15) is 0 Å². The minimum atomic E-state index is 0. The number of nitrogens with two attached hydrogens (primary N) is 1. The van der Waals surface area contributed by atoms with Crippen molar-refractivity contribution in [3.8, 4) is 0 Å². The molecule has 136 valence electrons. The van der Waals surface area contributed by atoms with Crippen molar-refractivity contribution in [2.24, 2.45) is 11.7 Å². The maximum Gasteiger partial charge on any atom is 0.225 e. The molecule has 24 heavy (non-hydrogen) atoms. The number of halogens is 2. The van der Waals surface area contributed by atoms with Gasteiger partial charge in [0, 0.05) is 44.7 Å². The number of nitrogens with zero attached hydrogens (tertiary/aromatic N) is 2. The van der Waals surface area contributed by atoms with Crippen LogP contribution in [0.1, 0.15) is 24.8 Å². The maximum atomic E-state index is 12.5. The second kappa shape index (κ2) is 10.2. The van der Waals surface area contributed by atoms with Crippen molar-refractivity contribution >= 4 is 30.7 Å². The van der Waals surface area contributed by atoms with Crippen LogP contribution in [0.5, 0.6) is 0 Å². The standard InChI is InChI=1S/C18H27N3O.2ClH/c19-17-7-6-16(14-17)18(22)21-12-10-20(11-13-21)9-8-15-4-2-1-3-5-15;;/h1-5,16-17H,6-14,19H2;2*1H. The molecule has 4 nitrogen and oxygen atoms in total. The van der Waals surface area contributed by atoms with E-state index in [2.05, 4.69) is 40.1 Å². The summed E-state index contributed by atoms with van der Waals surface area (Å²) in [6.07, 6.45) is 3.96. The van der Waals surface area contributed by atoms with Crippen molar-refractivity contribution in [3.05, 3.63) is 35.9 Å². The number of amides is 1. The molecule has 0 spiro atoms. The van der Waals surface area contributed by atoms with E-state index in [9.17, 15) is 4.79 Å². The first-order valence-electron chi connectivity index (χ1n) is 8.53. The van der Waals surface area contributed by atoms with Crippen LogP contribution < -0.4 is 5.73 Å². The van der Waals surface area contributed by atoms with E-state index in [-0.39, 0.29) is 36.8 Å². The van der Waals surface area contributed by atoms with Crippen LogP contribution in [0.3, 0.4) is 0 Å². The van der Waals surface area contributed by atoms with Crippen LogP contribution in [0, 0.1) is 5.92 Å². The average Bonchev–Trinajstić information content (AvgIpc) is 3.00. The fraction of sp³-hybridized carbons (Fsp3) is 0.611. The summed E-state index contributed by atoms with van der Waals surface area (Å²) in [5.74, 6) is 0.529. The fourth-order valence-electron chi connectivity index (χ4n) is 3.62. The van der Waals surface area contributed by atoms with Crippen LogP contribution >= 0.6 is 24.8 Å². The Hall–Kier alpha value is -0.810. The van der Waals surface area contributed by atoms with Gasteiger partial charge < -0.3 is 10.6 Å². The summed E-state index contributed by atoms with van der Waals surface area (Å²) in [6.45, 7) is 4.83. The highest BCUT2D eigenvalue weighted by Crippen LogP contribution is 2.26. The van der Waals surface area contributed by atoms with Crippen molar-refractivity contribution in [3.63, 3.8) is 0 Å². The zero-order valence-corrected chi connectivity index (χ0v) is 15.7. The van der Waals surface area contributed by atoms with Gasteiger partial charge in [-0.15, -0.1) is 24.8 Å². The predicted molar refractivity (Wildman–Crippen MR) is 103 cm³/mol. The quantitative estimate of drug-likeness (QED) is 0.880. The molecule has 1 amide bonds. The van der Waals surface area contributed by atoms with Crippen LogP contribution in [-0.2, 0) is 11.2 Å². The zero-order valence-electron chi connectivity index (χ0n) is 14.1. The lowest BCUT2D eigenvalue weighted by atomic mass is 10.1. The first-order valence-corrected chi connectivity index (χ1v) is 8.53. The Morgan fingerprint density at radius 1 is 1.04 bits per heavy atom. The molecular formula is C18H29Cl2N3O. The van der Waals surface area contributed by atoms with E-state index < -0.39 is 0 Å². The zero-order chi connectivity index (χ0) is 15.4. The summed E-state index contributed by atoms with van der Waals surface area (Å²) >= 11 is 0. The largest absolute Gasteiger partial charge is 0.340 e. The topological polar surface area (TPSA) is 49.6 Å². The smallest absolute Gasteiger partial charge is 0.225 e. The van der Waals surface area contributed by atoms with Crippen molar-refractivity contribution in [2.75, 3.05) is 32.7 Å². The molecule has 0 bridgehead atoms. The first-order chi connectivity index (χ1) is 10.7. The van der Waals surface area contributed by atoms with Gasteiger partial charge in [0.05, 0.1) is 0 Å². The molecule has 6 heteroatoms. The molecule has 2 atom stereocenters. The monoisotopic (exact) mass is 373 g/mol. The number of benzene rings is 1. The second-order valence-electron chi connectivity index (χ2n) is 6.67. The summed E-state index contributed by atoms with van der Waals surface area (Å²) < 4.78 is 0. The molecule has 1 heterocycles. The van der Waals surface area contributed by atoms with Crippen molar-refractivity contribution in [1.29, 1.82) is 0 Å². The van der Waals surface area contributed by atoms with E-state index in [4.69, 9.17) is 5.73 Å². The average molecular weight is 374 g/mol. The minimum Gasteiger partial charge on any atom is -0.340 e. The van der Waals surface area contributed by atoms with Crippen LogP contribution in [0.4, 0.5) is 0 Å². The van der Waals surface area contributed by atoms with Gasteiger partial charge in [0.25, 0.3) is 0 Å². The molecule has 1 aliphatic heterocycles. The predicted octanol–water partition coefficient (Wildman–Crippen LogP) is 2.34. The van der Waals surface area contributed by atoms with E-state index in [1.807, 2.05) is 0 Å². The Morgan fingerprint density at radius 3 is 2.29 bits per heavy atom. The molecule has 1 aliphatic carbocycles. The molecule has 0 aromatic heterocycles. The Labute approximate surface area is 157 Å². The summed E-state index contributed by atoms with van der Waals surface area (Å²) in [5.41, 5.74) is 7.32. The first kappa shape index (κ1) is 21.2. The van der Waals surface area contributed by atoms with Crippen LogP contribution in [0.25, 0.3) is 0 Å². The van der Waals surface area contributed by atoms with Crippen molar-refractivity contribution < 1.29 is 4.79 Å². The van der Waals surface area contributed by atoms with Gasteiger partial charge >= 0.3 is 0 Å². The van der Waals surface area contributed by atoms with Gasteiger partial charge in [-0.05, 0) is 31.2 Å². The summed E-state index contributed by atoms with van der Waals surface area (Å²) in [6, 6.07) is 10.9. The molecule has 1 aromatic rings. The van der Waals surface area contributed by atoms with Gasteiger partial charge in [0.15, 0.2) is 0 Å². The van der Waals surface area contributed by atoms with E-state index in [1.165, 1.54) is 5.56 Å². The third-order valence-corrected chi connectivity index (χ3v) is 5.07. The molecule has 1 aromatic carbocycles. The Kier molecular flexibility index (Phi) is 9.06. The lowest BCUT2D eigenvalue weighted by Crippen LogP contribution is -2.50. The molecule has 2 unspecified atom stereocenters. The lowest BCUT2D eigenvalue weighted by molar-refractivity contribution is -0.137. The molecule has 2 N–H and O–H groups in total. The van der Waals surface area contributed by atoms with E-state index >= 15 is 0 Å². The molecule has 0 radical (unpaired) electrons. The van der Waals surface area contributed by atoms with Gasteiger partial charge in [-0.25, -0.2) is 0 Å². The Bertz CT molecular complexity index is 492. The molecule has 1 saturated heterocycles. The third-order valence-electron chi connectivity index (χ3n) is 5.07. The van der Waals surface area contributed by atoms with E-state index in [1.54, 1.807) is 0 Å². The summed E-state index contributed by atoms with van der Waals surface area (Å²) in [5, 5.41) is 0. The molecule has 3 rings (SSSR count). The summed E-state index contributed by atoms with van der Waals surface area (Å²) in [7, 11) is 0. The van der Waals surface area contributed by atoms with E-state index in [0.29, 0.717) is 5.91 Å². The maximum absolute atomic E-state index is 12.5. The highest BCUT2D eigenvalue weighted by atomic mass is 35.5. The number of carbonyl (C=O) groups excluding carboxylic acids is 1. The molecule has 1 saturated carbocycles. The molecule has 2 fully saturated rings. The Balaban J connectivity index is 0.00000144. The number of carbonyl (C=O) groups is 1. The molecule has 2 aliphatic rings. The fourth-order valence-corrected chi connectivity index (χ4v) is 3.62. The third kappa shape index (κ3) is 5.62. The number of hydrogen-bond acceptors (Lipinski definition) is 3. The van der Waals surface area contributed by atoms with Gasteiger partial charge in [-0.3, -0.25) is 9.69 Å². The SMILES string of the molecule is Cl.Cl.NC1CCC(C(=O)N2CCN(CCc3ccccc3)CC2)C1. The second-order valence-corrected chi connectivity index (χ2v) is 6.67. The highest BCUT2D eigenvalue weighted by Gasteiger charge is 2.32. The van der Waals surface area contributed by atoms with Crippen molar-refractivity contribution in [1.82, 2.24) is 9.80 Å². The number of hydrogen-bond donors (Lipinski definition) is 1. The number of piperazine rings is 1. The van der Waals surface area contributed by atoms with Crippen LogP contribution in [-0.4, -0.2) is 54.5 Å². The van der Waals surface area contributed by atoms with Crippen molar-refractivity contribution in [2.45, 2.75) is 31.7 Å². The minimum absolute atomic E-state index is 0. The lowest BCUT2D eigenvalue weighted by Gasteiger charge is -2.36. The normalized spacial score (nSPS) is 24.1. The van der Waals surface area contributed by atoms with E-state index in [0.717, 1.165) is 58.4 Å².